The highest BCUT2D eigenvalue weighted by molar-refractivity contribution is 6.43. The molecule has 25 heavy (non-hydrogen) atoms. The maximum atomic E-state index is 12.9. The summed E-state index contributed by atoms with van der Waals surface area (Å²) in [7, 11) is 0. The summed E-state index contributed by atoms with van der Waals surface area (Å²) in [6.07, 6.45) is 0. The largest absolute Gasteiger partial charge is 0.274 e. The van der Waals surface area contributed by atoms with E-state index < -0.39 is 17.4 Å². The van der Waals surface area contributed by atoms with E-state index in [0.717, 1.165) is 0 Å². The van der Waals surface area contributed by atoms with Crippen LogP contribution in [-0.4, -0.2) is 22.4 Å². The second-order valence-electron chi connectivity index (χ2n) is 6.36. The Hall–Kier alpha value is -1.75. The van der Waals surface area contributed by atoms with E-state index in [1.165, 1.54) is 5.01 Å². The lowest BCUT2D eigenvalue weighted by Gasteiger charge is -2.35. The van der Waals surface area contributed by atoms with Gasteiger partial charge >= 0.3 is 0 Å². The van der Waals surface area contributed by atoms with E-state index in [0.29, 0.717) is 10.6 Å². The first-order valence-corrected chi connectivity index (χ1v) is 8.60. The summed E-state index contributed by atoms with van der Waals surface area (Å²) in [5.74, 6) is -0.889. The molecule has 0 aliphatic carbocycles. The van der Waals surface area contributed by atoms with Gasteiger partial charge in [0, 0.05) is 10.6 Å². The number of benzene rings is 2. The molecular formula is C18H17Cl3N2O2. The van der Waals surface area contributed by atoms with Gasteiger partial charge in [-0.2, -0.15) is 0 Å². The number of amides is 2. The molecule has 0 fully saturated rings. The van der Waals surface area contributed by atoms with Gasteiger partial charge in [0.2, 0.25) is 0 Å². The Bertz CT molecular complexity index is 799. The third-order valence-corrected chi connectivity index (χ3v) is 4.45. The Balaban J connectivity index is 2.33. The quantitative estimate of drug-likeness (QED) is 0.703. The summed E-state index contributed by atoms with van der Waals surface area (Å²) in [5.41, 5.74) is 2.54. The fourth-order valence-corrected chi connectivity index (χ4v) is 2.59. The predicted octanol–water partition coefficient (Wildman–Crippen LogP) is 5.23. The van der Waals surface area contributed by atoms with Gasteiger partial charge in [-0.05, 0) is 57.2 Å². The molecule has 0 bridgehead atoms. The van der Waals surface area contributed by atoms with Crippen LogP contribution >= 0.6 is 34.8 Å². The van der Waals surface area contributed by atoms with E-state index in [9.17, 15) is 9.59 Å². The van der Waals surface area contributed by atoms with Gasteiger partial charge < -0.3 is 0 Å². The van der Waals surface area contributed by atoms with Crippen LogP contribution in [0, 0.1) is 0 Å². The molecule has 0 aliphatic rings. The highest BCUT2D eigenvalue weighted by atomic mass is 35.5. The Labute approximate surface area is 161 Å². The van der Waals surface area contributed by atoms with Crippen molar-refractivity contribution in [2.24, 2.45) is 0 Å². The lowest BCUT2D eigenvalue weighted by Crippen LogP contribution is -2.55. The molecule has 1 N–H and O–H groups in total. The zero-order valence-corrected chi connectivity index (χ0v) is 16.2. The minimum Gasteiger partial charge on any atom is -0.267 e. The molecule has 2 amide bonds. The molecule has 7 heteroatoms. The van der Waals surface area contributed by atoms with Gasteiger partial charge in [-0.1, -0.05) is 40.9 Å². The van der Waals surface area contributed by atoms with Crippen LogP contribution in [0.2, 0.25) is 15.1 Å². The van der Waals surface area contributed by atoms with Crippen LogP contribution in [0.25, 0.3) is 0 Å². The molecule has 0 heterocycles. The predicted molar refractivity (Wildman–Crippen MR) is 101 cm³/mol. The summed E-state index contributed by atoms with van der Waals surface area (Å²) in [6, 6.07) is 11.1. The summed E-state index contributed by atoms with van der Waals surface area (Å²) in [6.45, 7) is 5.39. The number of rotatable bonds is 2. The van der Waals surface area contributed by atoms with Gasteiger partial charge in [0.15, 0.2) is 0 Å². The molecule has 0 aliphatic heterocycles. The van der Waals surface area contributed by atoms with Crippen molar-refractivity contribution in [3.8, 4) is 0 Å². The number of carbonyl (C=O) groups is 2. The van der Waals surface area contributed by atoms with Crippen molar-refractivity contribution in [2.75, 3.05) is 0 Å². The Morgan fingerprint density at radius 1 is 0.960 bits per heavy atom. The smallest absolute Gasteiger partial charge is 0.267 e. The number of carbonyl (C=O) groups excluding carboxylic acids is 2. The molecule has 2 aromatic rings. The van der Waals surface area contributed by atoms with E-state index in [2.05, 4.69) is 5.43 Å². The van der Waals surface area contributed by atoms with Crippen molar-refractivity contribution < 1.29 is 9.59 Å². The maximum absolute atomic E-state index is 12.9. The van der Waals surface area contributed by atoms with Gasteiger partial charge in [0.1, 0.15) is 0 Å². The Morgan fingerprint density at radius 3 is 2.12 bits per heavy atom. The number of hydrazine groups is 1. The fraction of sp³-hybridized carbons (Fsp3) is 0.222. The van der Waals surface area contributed by atoms with Crippen molar-refractivity contribution in [3.63, 3.8) is 0 Å². The molecular weight excluding hydrogens is 383 g/mol. The molecule has 0 saturated heterocycles. The maximum Gasteiger partial charge on any atom is 0.274 e. The topological polar surface area (TPSA) is 49.4 Å². The van der Waals surface area contributed by atoms with Crippen LogP contribution in [0.1, 0.15) is 41.5 Å². The third-order valence-electron chi connectivity index (χ3n) is 3.38. The standard InChI is InChI=1S/C18H17Cl3N2O2/c1-18(2,3)23(17(25)13-5-4-6-14(20)15(13)21)22-16(24)11-7-9-12(19)10-8-11/h4-10H,1-3H3,(H,22,24). The van der Waals surface area contributed by atoms with Crippen LogP contribution in [0.3, 0.4) is 0 Å². The lowest BCUT2D eigenvalue weighted by atomic mass is 10.1. The van der Waals surface area contributed by atoms with Gasteiger partial charge in [-0.15, -0.1) is 0 Å². The average Bonchev–Trinajstić information content (AvgIpc) is 2.54. The van der Waals surface area contributed by atoms with Gasteiger partial charge in [-0.3, -0.25) is 15.0 Å². The van der Waals surface area contributed by atoms with E-state index in [-0.39, 0.29) is 15.6 Å². The lowest BCUT2D eigenvalue weighted by molar-refractivity contribution is 0.0359. The number of halogens is 3. The summed E-state index contributed by atoms with van der Waals surface area (Å²) in [5, 5.41) is 2.17. The van der Waals surface area contributed by atoms with Gasteiger partial charge in [-0.25, -0.2) is 5.01 Å². The summed E-state index contributed by atoms with van der Waals surface area (Å²) >= 11 is 18.0. The first-order chi connectivity index (χ1) is 11.6. The second kappa shape index (κ2) is 7.65. The molecule has 4 nitrogen and oxygen atoms in total. The number of hydrogen-bond acceptors (Lipinski definition) is 2. The van der Waals surface area contributed by atoms with Crippen molar-refractivity contribution in [1.82, 2.24) is 10.4 Å². The first kappa shape index (κ1) is 19.6. The van der Waals surface area contributed by atoms with Crippen LogP contribution < -0.4 is 5.43 Å². The summed E-state index contributed by atoms with van der Waals surface area (Å²) in [4.78, 5) is 25.4. The minimum atomic E-state index is -0.690. The molecule has 0 aromatic heterocycles. The van der Waals surface area contributed by atoms with E-state index in [1.807, 2.05) is 0 Å². The summed E-state index contributed by atoms with van der Waals surface area (Å²) < 4.78 is 0. The van der Waals surface area contributed by atoms with E-state index in [4.69, 9.17) is 34.8 Å². The van der Waals surface area contributed by atoms with E-state index >= 15 is 0 Å². The second-order valence-corrected chi connectivity index (χ2v) is 7.58. The highest BCUT2D eigenvalue weighted by Crippen LogP contribution is 2.28. The van der Waals surface area contributed by atoms with Crippen molar-refractivity contribution in [2.45, 2.75) is 26.3 Å². The highest BCUT2D eigenvalue weighted by Gasteiger charge is 2.31. The molecule has 2 rings (SSSR count). The van der Waals surface area contributed by atoms with Crippen LogP contribution in [0.4, 0.5) is 0 Å². The first-order valence-electron chi connectivity index (χ1n) is 7.46. The van der Waals surface area contributed by atoms with Crippen LogP contribution in [0.15, 0.2) is 42.5 Å². The molecule has 0 spiro atoms. The normalized spacial score (nSPS) is 11.1. The zero-order chi connectivity index (χ0) is 18.8. The Kier molecular flexibility index (Phi) is 5.99. The fourth-order valence-electron chi connectivity index (χ4n) is 2.08. The molecule has 0 unspecified atom stereocenters. The number of nitrogens with zero attached hydrogens (tertiary/aromatic N) is 1. The SMILES string of the molecule is CC(C)(C)N(NC(=O)c1ccc(Cl)cc1)C(=O)c1cccc(Cl)c1Cl. The molecule has 0 atom stereocenters. The third kappa shape index (κ3) is 4.66. The van der Waals surface area contributed by atoms with Crippen molar-refractivity contribution >= 4 is 46.6 Å². The van der Waals surface area contributed by atoms with E-state index in [1.54, 1.807) is 63.2 Å². The average molecular weight is 400 g/mol. The van der Waals surface area contributed by atoms with Crippen molar-refractivity contribution in [1.29, 1.82) is 0 Å². The van der Waals surface area contributed by atoms with Crippen LogP contribution in [0.5, 0.6) is 0 Å². The molecule has 0 saturated carbocycles. The van der Waals surface area contributed by atoms with Gasteiger partial charge in [0.05, 0.1) is 21.1 Å². The molecule has 132 valence electrons. The van der Waals surface area contributed by atoms with Gasteiger partial charge in [0.25, 0.3) is 11.8 Å². The van der Waals surface area contributed by atoms with Crippen molar-refractivity contribution in [3.05, 3.63) is 68.7 Å². The number of nitrogens with one attached hydrogen (secondary N) is 1. The molecule has 2 aromatic carbocycles. The molecule has 0 radical (unpaired) electrons. The Morgan fingerprint density at radius 2 is 1.56 bits per heavy atom. The minimum absolute atomic E-state index is 0.143. The van der Waals surface area contributed by atoms with Crippen LogP contribution in [-0.2, 0) is 0 Å². The monoisotopic (exact) mass is 398 g/mol. The zero-order valence-electron chi connectivity index (χ0n) is 13.9. The number of hydrogen-bond donors (Lipinski definition) is 1.